The molecule has 0 fully saturated rings. The molecule has 0 aliphatic heterocycles. The molecule has 0 saturated carbocycles. The van der Waals surface area contributed by atoms with Gasteiger partial charge in [0, 0.05) is 12.8 Å². The van der Waals surface area contributed by atoms with Crippen LogP contribution in [0.4, 0.5) is 0 Å². The van der Waals surface area contributed by atoms with E-state index in [-0.39, 0.29) is 31.0 Å². The second kappa shape index (κ2) is 10.4. The molecule has 0 amide bonds. The minimum absolute atomic E-state index is 0.0216. The van der Waals surface area contributed by atoms with Crippen LogP contribution >= 0.6 is 0 Å². The van der Waals surface area contributed by atoms with Crippen LogP contribution in [0.25, 0.3) is 0 Å². The summed E-state index contributed by atoms with van der Waals surface area (Å²) in [4.78, 5) is 24.8. The lowest BCUT2D eigenvalue weighted by molar-refractivity contribution is -0.146. The number of nitrogens with two attached hydrogens (primary N) is 1. The molecule has 5 heteroatoms. The van der Waals surface area contributed by atoms with Crippen LogP contribution in [0.15, 0.2) is 78.9 Å². The fraction of sp³-hybridized carbons (Fsp3) is 0.200. The van der Waals surface area contributed by atoms with Crippen LogP contribution in [0.2, 0.25) is 0 Å². The van der Waals surface area contributed by atoms with E-state index >= 15 is 0 Å². The van der Waals surface area contributed by atoms with Gasteiger partial charge in [0.05, 0.1) is 0 Å². The minimum Gasteiger partial charge on any atom is -0.508 e. The van der Waals surface area contributed by atoms with Crippen molar-refractivity contribution in [2.45, 2.75) is 31.9 Å². The number of Topliss-reactive ketones (excluding diaryl/α,β-unsaturated/α-hetero) is 1. The van der Waals surface area contributed by atoms with Crippen LogP contribution in [0.1, 0.15) is 22.3 Å². The first-order valence-corrected chi connectivity index (χ1v) is 9.84. The average Bonchev–Trinajstić information content (AvgIpc) is 2.75. The van der Waals surface area contributed by atoms with E-state index in [9.17, 15) is 14.7 Å². The van der Waals surface area contributed by atoms with Gasteiger partial charge < -0.3 is 15.6 Å². The van der Waals surface area contributed by atoms with E-state index in [4.69, 9.17) is 10.5 Å². The molecule has 1 atom stereocenters. The van der Waals surface area contributed by atoms with Crippen LogP contribution in [0.5, 0.6) is 5.75 Å². The lowest BCUT2D eigenvalue weighted by Gasteiger charge is -2.15. The first-order valence-electron chi connectivity index (χ1n) is 9.84. The lowest BCUT2D eigenvalue weighted by Crippen LogP contribution is -2.34. The summed E-state index contributed by atoms with van der Waals surface area (Å²) < 4.78 is 5.31. The third kappa shape index (κ3) is 6.29. The number of hydrogen-bond donors (Lipinski definition) is 2. The molecular formula is C25H25NO4. The molecule has 0 spiro atoms. The van der Waals surface area contributed by atoms with Gasteiger partial charge in [-0.05, 0) is 40.8 Å². The zero-order valence-corrected chi connectivity index (χ0v) is 16.7. The zero-order valence-electron chi connectivity index (χ0n) is 16.7. The summed E-state index contributed by atoms with van der Waals surface area (Å²) in [6, 6.07) is 22.8. The van der Waals surface area contributed by atoms with E-state index in [0.717, 1.165) is 16.7 Å². The maximum Gasteiger partial charge on any atom is 0.323 e. The summed E-state index contributed by atoms with van der Waals surface area (Å²) in [5.41, 5.74) is 9.29. The number of rotatable bonds is 9. The topological polar surface area (TPSA) is 89.6 Å². The Morgan fingerprint density at radius 2 is 1.47 bits per heavy atom. The number of ketones is 1. The van der Waals surface area contributed by atoms with Crippen molar-refractivity contribution in [2.75, 3.05) is 0 Å². The number of hydrogen-bond acceptors (Lipinski definition) is 5. The molecular weight excluding hydrogens is 378 g/mol. The predicted molar refractivity (Wildman–Crippen MR) is 115 cm³/mol. The normalized spacial score (nSPS) is 11.6. The molecule has 30 heavy (non-hydrogen) atoms. The predicted octanol–water partition coefficient (Wildman–Crippen LogP) is 3.36. The summed E-state index contributed by atoms with van der Waals surface area (Å²) in [6.07, 6.45) is 0.688. The number of esters is 1. The number of carbonyl (C=O) groups excluding carboxylic acids is 2. The molecule has 0 bridgehead atoms. The quantitative estimate of drug-likeness (QED) is 0.535. The van der Waals surface area contributed by atoms with Crippen molar-refractivity contribution < 1.29 is 19.4 Å². The molecule has 0 aliphatic rings. The zero-order chi connectivity index (χ0) is 21.3. The Kier molecular flexibility index (Phi) is 7.35. The highest BCUT2D eigenvalue weighted by molar-refractivity contribution is 5.83. The SMILES string of the molecule is NC(Cc1ccc(O)cc1CC(=O)Cc1ccccc1)C(=O)OCc1ccccc1. The summed E-state index contributed by atoms with van der Waals surface area (Å²) >= 11 is 0. The summed E-state index contributed by atoms with van der Waals surface area (Å²) in [7, 11) is 0. The van der Waals surface area contributed by atoms with Crippen molar-refractivity contribution in [2.24, 2.45) is 5.73 Å². The third-order valence-corrected chi connectivity index (χ3v) is 4.79. The first-order chi connectivity index (χ1) is 14.5. The molecule has 0 saturated heterocycles. The van der Waals surface area contributed by atoms with Gasteiger partial charge in [-0.15, -0.1) is 0 Å². The van der Waals surface area contributed by atoms with Crippen molar-refractivity contribution >= 4 is 11.8 Å². The summed E-state index contributed by atoms with van der Waals surface area (Å²) in [6.45, 7) is 0.158. The Morgan fingerprint density at radius 3 is 2.13 bits per heavy atom. The fourth-order valence-electron chi connectivity index (χ4n) is 3.23. The third-order valence-electron chi connectivity index (χ3n) is 4.79. The van der Waals surface area contributed by atoms with Gasteiger partial charge in [0.1, 0.15) is 24.2 Å². The number of aromatic hydroxyl groups is 1. The maximum atomic E-state index is 12.5. The highest BCUT2D eigenvalue weighted by Gasteiger charge is 2.19. The molecule has 0 heterocycles. The maximum absolute atomic E-state index is 12.5. The van der Waals surface area contributed by atoms with Gasteiger partial charge >= 0.3 is 5.97 Å². The smallest absolute Gasteiger partial charge is 0.323 e. The number of carbonyl (C=O) groups is 2. The van der Waals surface area contributed by atoms with E-state index < -0.39 is 12.0 Å². The van der Waals surface area contributed by atoms with Crippen LogP contribution < -0.4 is 5.73 Å². The van der Waals surface area contributed by atoms with Crippen LogP contribution in [0, 0.1) is 0 Å². The van der Waals surface area contributed by atoms with Gasteiger partial charge in [-0.1, -0.05) is 66.7 Å². The molecule has 0 radical (unpaired) electrons. The standard InChI is InChI=1S/C25H25NO4/c26-24(25(29)30-17-19-9-5-2-6-10-19)16-20-11-12-22(27)14-21(20)15-23(28)13-18-7-3-1-4-8-18/h1-12,14,24,27H,13,15-17,26H2. The van der Waals surface area contributed by atoms with E-state index in [1.54, 1.807) is 12.1 Å². The van der Waals surface area contributed by atoms with E-state index in [1.807, 2.05) is 60.7 Å². The van der Waals surface area contributed by atoms with Crippen molar-refractivity contribution in [1.29, 1.82) is 0 Å². The molecule has 3 N–H and O–H groups in total. The fourth-order valence-corrected chi connectivity index (χ4v) is 3.23. The van der Waals surface area contributed by atoms with E-state index in [1.165, 1.54) is 6.07 Å². The van der Waals surface area contributed by atoms with E-state index in [0.29, 0.717) is 12.0 Å². The van der Waals surface area contributed by atoms with Gasteiger partial charge in [0.15, 0.2) is 0 Å². The van der Waals surface area contributed by atoms with Crippen molar-refractivity contribution in [1.82, 2.24) is 0 Å². The molecule has 3 rings (SSSR count). The Hall–Kier alpha value is -3.44. The van der Waals surface area contributed by atoms with Gasteiger partial charge in [-0.25, -0.2) is 0 Å². The lowest BCUT2D eigenvalue weighted by atomic mass is 9.95. The van der Waals surface area contributed by atoms with Crippen LogP contribution in [-0.4, -0.2) is 22.9 Å². The van der Waals surface area contributed by atoms with Crippen molar-refractivity contribution in [3.63, 3.8) is 0 Å². The van der Waals surface area contributed by atoms with Gasteiger partial charge in [0.2, 0.25) is 0 Å². The highest BCUT2D eigenvalue weighted by atomic mass is 16.5. The largest absolute Gasteiger partial charge is 0.508 e. The monoisotopic (exact) mass is 403 g/mol. The number of phenolic OH excluding ortho intramolecular Hbond substituents is 1. The number of phenols is 1. The molecule has 3 aromatic carbocycles. The average molecular weight is 403 g/mol. The van der Waals surface area contributed by atoms with Crippen molar-refractivity contribution in [3.05, 3.63) is 101 Å². The van der Waals surface area contributed by atoms with Crippen LogP contribution in [-0.2, 0) is 40.2 Å². The van der Waals surface area contributed by atoms with Crippen molar-refractivity contribution in [3.8, 4) is 5.75 Å². The number of benzene rings is 3. The molecule has 3 aromatic rings. The summed E-state index contributed by atoms with van der Waals surface area (Å²) in [5, 5.41) is 9.86. The van der Waals surface area contributed by atoms with Gasteiger partial charge in [0.25, 0.3) is 0 Å². The summed E-state index contributed by atoms with van der Waals surface area (Å²) in [5.74, 6) is -0.414. The molecule has 5 nitrogen and oxygen atoms in total. The molecule has 154 valence electrons. The van der Waals surface area contributed by atoms with E-state index in [2.05, 4.69) is 0 Å². The Morgan fingerprint density at radius 1 is 0.833 bits per heavy atom. The second-order valence-electron chi connectivity index (χ2n) is 7.23. The first kappa shape index (κ1) is 21.3. The van der Waals surface area contributed by atoms with Gasteiger partial charge in [-0.2, -0.15) is 0 Å². The van der Waals surface area contributed by atoms with Crippen LogP contribution in [0.3, 0.4) is 0 Å². The molecule has 0 aromatic heterocycles. The Labute approximate surface area is 176 Å². The number of ether oxygens (including phenoxy) is 1. The minimum atomic E-state index is -0.860. The second-order valence-corrected chi connectivity index (χ2v) is 7.23. The molecule has 0 aliphatic carbocycles. The molecule has 1 unspecified atom stereocenters. The van der Waals surface area contributed by atoms with Gasteiger partial charge in [-0.3, -0.25) is 9.59 Å². The highest BCUT2D eigenvalue weighted by Crippen LogP contribution is 2.20. The Bertz CT molecular complexity index is 987. The Balaban J connectivity index is 1.62.